The van der Waals surface area contributed by atoms with Crippen LogP contribution in [0.25, 0.3) is 0 Å². The van der Waals surface area contributed by atoms with E-state index in [9.17, 15) is 0 Å². The summed E-state index contributed by atoms with van der Waals surface area (Å²) in [6.07, 6.45) is 6.63. The Bertz CT molecular complexity index is 480. The minimum absolute atomic E-state index is 0.371. The molecule has 1 N–H and O–H groups in total. The maximum atomic E-state index is 3.87. The van der Waals surface area contributed by atoms with Gasteiger partial charge in [-0.05, 0) is 59.8 Å². The fraction of sp³-hybridized carbons (Fsp3) is 0.647. The first kappa shape index (κ1) is 14.4. The molecule has 1 spiro atoms. The van der Waals surface area contributed by atoms with Gasteiger partial charge in [-0.25, -0.2) is 0 Å². The van der Waals surface area contributed by atoms with Crippen molar-refractivity contribution < 1.29 is 0 Å². The van der Waals surface area contributed by atoms with Crippen LogP contribution in [0.4, 0.5) is 5.69 Å². The third-order valence-corrected chi connectivity index (χ3v) is 5.71. The lowest BCUT2D eigenvalue weighted by Gasteiger charge is -2.47. The van der Waals surface area contributed by atoms with E-state index in [0.29, 0.717) is 11.6 Å². The van der Waals surface area contributed by atoms with Crippen molar-refractivity contribution in [1.29, 1.82) is 0 Å². The lowest BCUT2D eigenvalue weighted by Crippen LogP contribution is -2.63. The maximum Gasteiger partial charge on any atom is 0.0514 e. The number of hydrogen-bond acceptors (Lipinski definition) is 2. The summed E-state index contributed by atoms with van der Waals surface area (Å²) in [7, 11) is 0. The molecule has 1 heterocycles. The van der Waals surface area contributed by atoms with Crippen molar-refractivity contribution in [1.82, 2.24) is 5.32 Å². The van der Waals surface area contributed by atoms with Crippen LogP contribution in [-0.2, 0) is 0 Å². The fourth-order valence-corrected chi connectivity index (χ4v) is 4.55. The van der Waals surface area contributed by atoms with Gasteiger partial charge in [-0.15, -0.1) is 0 Å². The van der Waals surface area contributed by atoms with E-state index < -0.39 is 0 Å². The number of piperazine rings is 1. The van der Waals surface area contributed by atoms with Crippen molar-refractivity contribution in [3.8, 4) is 0 Å². The van der Waals surface area contributed by atoms with Gasteiger partial charge in [0.15, 0.2) is 0 Å². The summed E-state index contributed by atoms with van der Waals surface area (Å²) in [5.74, 6) is 0. The standard InChI is InChI=1S/C17H25BrN2/c1-3-14-11-19-17(8-4-5-9-17)12-20(14)16-7-6-13(2)10-15(16)18/h6-7,10,14,19H,3-5,8-9,11-12H2,1-2H3. The molecule has 0 amide bonds. The fourth-order valence-electron chi connectivity index (χ4n) is 3.83. The molecular weight excluding hydrogens is 312 g/mol. The molecule has 1 unspecified atom stereocenters. The van der Waals surface area contributed by atoms with Gasteiger partial charge in [0.1, 0.15) is 0 Å². The molecule has 1 aromatic rings. The number of rotatable bonds is 2. The Morgan fingerprint density at radius 3 is 2.75 bits per heavy atom. The Balaban J connectivity index is 1.90. The maximum absolute atomic E-state index is 3.87. The molecule has 1 saturated heterocycles. The van der Waals surface area contributed by atoms with Crippen LogP contribution in [0.1, 0.15) is 44.6 Å². The van der Waals surface area contributed by atoms with Gasteiger partial charge in [0, 0.05) is 29.1 Å². The third kappa shape index (κ3) is 2.62. The highest BCUT2D eigenvalue weighted by Crippen LogP contribution is 2.38. The summed E-state index contributed by atoms with van der Waals surface area (Å²) in [6, 6.07) is 7.37. The van der Waals surface area contributed by atoms with Gasteiger partial charge in [-0.3, -0.25) is 0 Å². The molecule has 1 aliphatic heterocycles. The van der Waals surface area contributed by atoms with Crippen LogP contribution in [0, 0.1) is 6.92 Å². The number of anilines is 1. The number of hydrogen-bond donors (Lipinski definition) is 1. The van der Waals surface area contributed by atoms with E-state index in [4.69, 9.17) is 0 Å². The number of nitrogens with zero attached hydrogens (tertiary/aromatic N) is 1. The second-order valence-corrected chi connectivity index (χ2v) is 7.37. The van der Waals surface area contributed by atoms with E-state index in [-0.39, 0.29) is 0 Å². The van der Waals surface area contributed by atoms with Crippen LogP contribution in [0.2, 0.25) is 0 Å². The topological polar surface area (TPSA) is 15.3 Å². The van der Waals surface area contributed by atoms with E-state index in [0.717, 1.165) is 13.1 Å². The molecule has 20 heavy (non-hydrogen) atoms. The predicted molar refractivity (Wildman–Crippen MR) is 89.5 cm³/mol. The van der Waals surface area contributed by atoms with Crippen molar-refractivity contribution in [3.63, 3.8) is 0 Å². The molecule has 2 nitrogen and oxygen atoms in total. The Hall–Kier alpha value is -0.540. The summed E-state index contributed by atoms with van der Waals surface area (Å²) >= 11 is 3.77. The molecule has 3 rings (SSSR count). The Morgan fingerprint density at radius 2 is 2.10 bits per heavy atom. The molecule has 0 aromatic heterocycles. The number of aryl methyl sites for hydroxylation is 1. The summed E-state index contributed by atoms with van der Waals surface area (Å²) in [6.45, 7) is 6.74. The summed E-state index contributed by atoms with van der Waals surface area (Å²) in [5, 5.41) is 3.87. The zero-order valence-corrected chi connectivity index (χ0v) is 14.2. The Morgan fingerprint density at radius 1 is 1.35 bits per heavy atom. The largest absolute Gasteiger partial charge is 0.365 e. The van der Waals surface area contributed by atoms with E-state index >= 15 is 0 Å². The molecule has 1 aromatic carbocycles. The quantitative estimate of drug-likeness (QED) is 0.867. The lowest BCUT2D eigenvalue weighted by atomic mass is 9.91. The second kappa shape index (κ2) is 5.69. The Labute approximate surface area is 131 Å². The highest BCUT2D eigenvalue weighted by molar-refractivity contribution is 9.10. The average Bonchev–Trinajstić information content (AvgIpc) is 2.87. The average molecular weight is 337 g/mol. The van der Waals surface area contributed by atoms with E-state index in [1.54, 1.807) is 0 Å². The van der Waals surface area contributed by atoms with Crippen molar-refractivity contribution in [2.24, 2.45) is 0 Å². The summed E-state index contributed by atoms with van der Waals surface area (Å²) in [4.78, 5) is 2.64. The highest BCUT2D eigenvalue weighted by Gasteiger charge is 2.40. The highest BCUT2D eigenvalue weighted by atomic mass is 79.9. The van der Waals surface area contributed by atoms with Gasteiger partial charge in [0.05, 0.1) is 5.69 Å². The van der Waals surface area contributed by atoms with Crippen LogP contribution in [0.3, 0.4) is 0 Å². The molecule has 0 bridgehead atoms. The normalized spacial score (nSPS) is 25.4. The molecule has 2 aliphatic rings. The van der Waals surface area contributed by atoms with Crippen molar-refractivity contribution >= 4 is 21.6 Å². The van der Waals surface area contributed by atoms with Crippen LogP contribution < -0.4 is 10.2 Å². The number of benzene rings is 1. The smallest absolute Gasteiger partial charge is 0.0514 e. The molecule has 110 valence electrons. The first-order chi connectivity index (χ1) is 9.63. The lowest BCUT2D eigenvalue weighted by molar-refractivity contribution is 0.267. The number of halogens is 1. The van der Waals surface area contributed by atoms with Crippen molar-refractivity contribution in [3.05, 3.63) is 28.2 Å². The minimum Gasteiger partial charge on any atom is -0.365 e. The SMILES string of the molecule is CCC1CNC2(CCCC2)CN1c1ccc(C)cc1Br. The van der Waals surface area contributed by atoms with Gasteiger partial charge in [-0.2, -0.15) is 0 Å². The Kier molecular flexibility index (Phi) is 4.09. The molecular formula is C17H25BrN2. The minimum atomic E-state index is 0.371. The van der Waals surface area contributed by atoms with Crippen molar-refractivity contribution in [2.45, 2.75) is 57.5 Å². The monoisotopic (exact) mass is 336 g/mol. The zero-order chi connectivity index (χ0) is 14.2. The van der Waals surface area contributed by atoms with Gasteiger partial charge < -0.3 is 10.2 Å². The van der Waals surface area contributed by atoms with Crippen LogP contribution >= 0.6 is 15.9 Å². The van der Waals surface area contributed by atoms with E-state index in [2.05, 4.69) is 58.2 Å². The van der Waals surface area contributed by atoms with Crippen LogP contribution in [-0.4, -0.2) is 24.7 Å². The van der Waals surface area contributed by atoms with Crippen LogP contribution in [0.5, 0.6) is 0 Å². The molecule has 3 heteroatoms. The number of nitrogens with one attached hydrogen (secondary N) is 1. The van der Waals surface area contributed by atoms with Gasteiger partial charge >= 0.3 is 0 Å². The van der Waals surface area contributed by atoms with E-state index in [1.807, 2.05) is 0 Å². The van der Waals surface area contributed by atoms with Crippen molar-refractivity contribution in [2.75, 3.05) is 18.0 Å². The molecule has 1 saturated carbocycles. The summed E-state index contributed by atoms with van der Waals surface area (Å²) in [5.41, 5.74) is 3.06. The molecule has 2 fully saturated rings. The van der Waals surface area contributed by atoms with Gasteiger partial charge in [0.2, 0.25) is 0 Å². The molecule has 1 atom stereocenters. The van der Waals surface area contributed by atoms with E-state index in [1.165, 1.54) is 47.8 Å². The summed E-state index contributed by atoms with van der Waals surface area (Å²) < 4.78 is 1.24. The first-order valence-corrected chi connectivity index (χ1v) is 8.71. The van der Waals surface area contributed by atoms with Gasteiger partial charge in [0.25, 0.3) is 0 Å². The second-order valence-electron chi connectivity index (χ2n) is 6.51. The predicted octanol–water partition coefficient (Wildman–Crippen LogP) is 4.26. The molecule has 0 radical (unpaired) electrons. The first-order valence-electron chi connectivity index (χ1n) is 7.91. The third-order valence-electron chi connectivity index (χ3n) is 5.07. The van der Waals surface area contributed by atoms with Crippen LogP contribution in [0.15, 0.2) is 22.7 Å². The zero-order valence-electron chi connectivity index (χ0n) is 12.6. The molecule has 1 aliphatic carbocycles. The van der Waals surface area contributed by atoms with Gasteiger partial charge in [-0.1, -0.05) is 25.8 Å².